The Morgan fingerprint density at radius 2 is 1.35 bits per heavy atom. The number of hydrogen-bond donors (Lipinski definition) is 0. The number of hydrogen-bond acceptors (Lipinski definition) is 2. The van der Waals surface area contributed by atoms with Gasteiger partial charge in [-0.05, 0) is 12.0 Å². The summed E-state index contributed by atoms with van der Waals surface area (Å²) < 4.78 is 5.22. The smallest absolute Gasteiger partial charge is 0.489 e. The number of carbonyl (C=O) groups is 1. The number of unbranched alkanes of at least 4 members (excludes halogenated alkanes) is 11. The van der Waals surface area contributed by atoms with Gasteiger partial charge in [-0.15, -0.1) is 0 Å². The number of rotatable bonds is 15. The van der Waals surface area contributed by atoms with Crippen LogP contribution >= 0.6 is 0 Å². The average Bonchev–Trinajstić information content (AvgIpc) is 2.47. The second-order valence-corrected chi connectivity index (χ2v) is 6.71. The van der Waals surface area contributed by atoms with E-state index in [9.17, 15) is 4.79 Å². The summed E-state index contributed by atoms with van der Waals surface area (Å²) in [4.78, 5) is 11.2. The topological polar surface area (TPSA) is 26.3 Å². The zero-order valence-electron chi connectivity index (χ0n) is 16.0. The minimum Gasteiger partial charge on any atom is -0.489 e. The van der Waals surface area contributed by atoms with Crippen LogP contribution in [-0.2, 0) is 9.53 Å². The van der Waals surface area contributed by atoms with Crippen molar-refractivity contribution in [2.24, 2.45) is 0 Å². The molecule has 2 nitrogen and oxygen atoms in total. The van der Waals surface area contributed by atoms with Crippen LogP contribution < -0.4 is 29.6 Å². The molecule has 0 saturated carbocycles. The van der Waals surface area contributed by atoms with Crippen LogP contribution in [0.1, 0.15) is 97.3 Å². The van der Waals surface area contributed by atoms with Crippen LogP contribution in [0.5, 0.6) is 0 Å². The normalized spacial score (nSPS) is 13.0. The summed E-state index contributed by atoms with van der Waals surface area (Å²) in [6, 6.07) is 0. The van der Waals surface area contributed by atoms with Gasteiger partial charge in [0.1, 0.15) is 0 Å². The summed E-state index contributed by atoms with van der Waals surface area (Å²) in [6.07, 6.45) is 18.0. The molecule has 0 bridgehead atoms. The molecule has 3 heteroatoms. The molecular formula is C20H37NaO2. The average molecular weight is 333 g/mol. The molecule has 0 radical (unpaired) electrons. The van der Waals surface area contributed by atoms with E-state index in [1.165, 1.54) is 76.7 Å². The Morgan fingerprint density at radius 1 is 0.957 bits per heavy atom. The van der Waals surface area contributed by atoms with Crippen LogP contribution in [-0.4, -0.2) is 11.6 Å². The van der Waals surface area contributed by atoms with Gasteiger partial charge in [-0.1, -0.05) is 97.5 Å². The Kier molecular flexibility index (Phi) is 18.9. The monoisotopic (exact) mass is 332 g/mol. The van der Waals surface area contributed by atoms with Crippen molar-refractivity contribution in [1.82, 2.24) is 0 Å². The van der Waals surface area contributed by atoms with E-state index in [2.05, 4.69) is 20.4 Å². The van der Waals surface area contributed by atoms with Gasteiger partial charge in [-0.2, -0.15) is 0 Å². The van der Waals surface area contributed by atoms with E-state index in [4.69, 9.17) is 4.74 Å². The van der Waals surface area contributed by atoms with Crippen molar-refractivity contribution < 1.29 is 39.1 Å². The van der Waals surface area contributed by atoms with E-state index in [1.54, 1.807) is 0 Å². The third-order valence-corrected chi connectivity index (χ3v) is 4.07. The maximum absolute atomic E-state index is 11.2. The van der Waals surface area contributed by atoms with Crippen molar-refractivity contribution in [3.63, 3.8) is 0 Å². The van der Waals surface area contributed by atoms with Gasteiger partial charge in [-0.25, -0.2) is 4.79 Å². The van der Waals surface area contributed by atoms with Gasteiger partial charge in [0, 0.05) is 6.08 Å². The minimum atomic E-state index is -0.607. The van der Waals surface area contributed by atoms with Crippen LogP contribution in [0, 0.1) is 6.92 Å². The van der Waals surface area contributed by atoms with Crippen LogP contribution in [0.2, 0.25) is 0 Å². The third kappa shape index (κ3) is 18.4. The molecule has 0 heterocycles. The SMILES string of the molecule is C=CC(=O)OC([CH2-])(C)CCCCCCCCCCCCCC.[Na+]. The minimum absolute atomic E-state index is 0. The summed E-state index contributed by atoms with van der Waals surface area (Å²) in [5.41, 5.74) is -0.607. The molecule has 0 aromatic heterocycles. The van der Waals surface area contributed by atoms with Gasteiger partial charge in [0.05, 0.1) is 0 Å². The largest absolute Gasteiger partial charge is 1.00 e. The molecular weight excluding hydrogens is 295 g/mol. The predicted molar refractivity (Wildman–Crippen MR) is 95.7 cm³/mol. The third-order valence-electron chi connectivity index (χ3n) is 4.07. The maximum atomic E-state index is 11.2. The van der Waals surface area contributed by atoms with E-state index in [0.29, 0.717) is 0 Å². The standard InChI is InChI=1S/C20H37O2.Na/c1-5-7-8-9-10-11-12-13-14-15-16-17-18-20(3,4)22-19(21)6-2;/h6H,2-3,5,7-18H2,1,4H3;/q-1;+1. The number of ether oxygens (including phenoxy) is 1. The summed E-state index contributed by atoms with van der Waals surface area (Å²) in [7, 11) is 0. The van der Waals surface area contributed by atoms with Crippen LogP contribution in [0.15, 0.2) is 12.7 Å². The molecule has 0 rings (SSSR count). The molecule has 130 valence electrons. The Hall–Kier alpha value is 0.210. The van der Waals surface area contributed by atoms with Crippen molar-refractivity contribution in [1.29, 1.82) is 0 Å². The van der Waals surface area contributed by atoms with Crippen molar-refractivity contribution in [3.05, 3.63) is 19.6 Å². The van der Waals surface area contributed by atoms with Crippen molar-refractivity contribution in [2.45, 2.75) is 103 Å². The molecule has 0 aromatic rings. The molecule has 0 aliphatic heterocycles. The molecule has 0 aliphatic rings. The fourth-order valence-electron chi connectivity index (χ4n) is 2.68. The molecule has 23 heavy (non-hydrogen) atoms. The van der Waals surface area contributed by atoms with Gasteiger partial charge in [0.2, 0.25) is 0 Å². The summed E-state index contributed by atoms with van der Waals surface area (Å²) in [5.74, 6) is -0.378. The molecule has 1 atom stereocenters. The van der Waals surface area contributed by atoms with Gasteiger partial charge in [0.25, 0.3) is 0 Å². The second kappa shape index (κ2) is 17.0. The first-order valence-electron chi connectivity index (χ1n) is 9.22. The molecule has 1 unspecified atom stereocenters. The van der Waals surface area contributed by atoms with Crippen molar-refractivity contribution in [3.8, 4) is 0 Å². The molecule has 0 fully saturated rings. The van der Waals surface area contributed by atoms with Crippen LogP contribution in [0.3, 0.4) is 0 Å². The summed E-state index contributed by atoms with van der Waals surface area (Å²) >= 11 is 0. The van der Waals surface area contributed by atoms with Crippen molar-refractivity contribution in [2.75, 3.05) is 0 Å². The quantitative estimate of drug-likeness (QED) is 0.151. The molecule has 0 saturated heterocycles. The Morgan fingerprint density at radius 3 is 1.74 bits per heavy atom. The molecule has 0 amide bonds. The van der Waals surface area contributed by atoms with E-state index in [1.807, 2.05) is 6.92 Å². The first-order valence-corrected chi connectivity index (χ1v) is 9.22. The Balaban J connectivity index is 0. The molecule has 0 spiro atoms. The van der Waals surface area contributed by atoms with Gasteiger partial charge in [-0.3, -0.25) is 0 Å². The van der Waals surface area contributed by atoms with E-state index >= 15 is 0 Å². The summed E-state index contributed by atoms with van der Waals surface area (Å²) in [5, 5.41) is 0. The fraction of sp³-hybridized carbons (Fsp3) is 0.800. The van der Waals surface area contributed by atoms with E-state index in [-0.39, 0.29) is 35.5 Å². The van der Waals surface area contributed by atoms with E-state index in [0.717, 1.165) is 12.8 Å². The molecule has 0 aliphatic carbocycles. The predicted octanol–water partition coefficient (Wildman–Crippen LogP) is 3.40. The maximum Gasteiger partial charge on any atom is 1.00 e. The second-order valence-electron chi connectivity index (χ2n) is 6.71. The van der Waals surface area contributed by atoms with Crippen LogP contribution in [0.25, 0.3) is 0 Å². The number of carbonyl (C=O) groups excluding carboxylic acids is 1. The zero-order valence-corrected chi connectivity index (χ0v) is 18.0. The van der Waals surface area contributed by atoms with Crippen molar-refractivity contribution >= 4 is 5.97 Å². The van der Waals surface area contributed by atoms with Gasteiger partial charge in [0.15, 0.2) is 0 Å². The van der Waals surface area contributed by atoms with E-state index < -0.39 is 5.60 Å². The van der Waals surface area contributed by atoms with Crippen LogP contribution in [0.4, 0.5) is 0 Å². The Labute approximate surface area is 167 Å². The van der Waals surface area contributed by atoms with Gasteiger partial charge >= 0.3 is 35.5 Å². The zero-order chi connectivity index (χ0) is 16.7. The summed E-state index contributed by atoms with van der Waals surface area (Å²) in [6.45, 7) is 11.5. The first kappa shape index (κ1) is 25.5. The Bertz CT molecular complexity index is 287. The molecule has 0 N–H and O–H groups in total. The van der Waals surface area contributed by atoms with Gasteiger partial charge < -0.3 is 11.7 Å². The fourth-order valence-corrected chi connectivity index (χ4v) is 2.68. The number of esters is 1. The molecule has 0 aromatic carbocycles. The first-order chi connectivity index (χ1) is 10.5.